The second kappa shape index (κ2) is 6.17. The van der Waals surface area contributed by atoms with Crippen LogP contribution in [0.25, 0.3) is 10.4 Å². The molecule has 0 fully saturated rings. The van der Waals surface area contributed by atoms with Crippen molar-refractivity contribution in [3.8, 4) is 22.3 Å². The Hall–Kier alpha value is -1.70. The van der Waals surface area contributed by atoms with E-state index >= 15 is 0 Å². The quantitative estimate of drug-likeness (QED) is 0.905. The lowest BCUT2D eigenvalue weighted by Gasteiger charge is -2.09. The predicted octanol–water partition coefficient (Wildman–Crippen LogP) is 4.48. The number of thiophene rings is 1. The third-order valence-electron chi connectivity index (χ3n) is 3.06. The molecular weight excluding hydrogens is 292 g/mol. The van der Waals surface area contributed by atoms with E-state index in [2.05, 4.69) is 13.0 Å². The fourth-order valence-corrected chi connectivity index (χ4v) is 3.39. The minimum absolute atomic E-state index is 0.556. The maximum Gasteiger partial charge on any atom is 0.128 e. The van der Waals surface area contributed by atoms with Gasteiger partial charge in [0.1, 0.15) is 16.7 Å². The molecular formula is C15H15ClN2OS. The van der Waals surface area contributed by atoms with Crippen molar-refractivity contribution in [2.75, 3.05) is 12.8 Å². The van der Waals surface area contributed by atoms with Crippen molar-refractivity contribution >= 4 is 28.6 Å². The summed E-state index contributed by atoms with van der Waals surface area (Å²) in [5.74, 6) is 0.695. The fourth-order valence-electron chi connectivity index (χ4n) is 2.13. The average Bonchev–Trinajstić information content (AvgIpc) is 2.76. The van der Waals surface area contributed by atoms with Crippen LogP contribution in [0.5, 0.6) is 5.75 Å². The number of hydrogen-bond acceptors (Lipinski definition) is 4. The first-order chi connectivity index (χ1) is 9.62. The Balaban J connectivity index is 2.66. The maximum absolute atomic E-state index is 9.17. The second-order valence-corrected chi connectivity index (χ2v) is 5.82. The molecule has 0 radical (unpaired) electrons. The molecule has 1 aromatic heterocycles. The van der Waals surface area contributed by atoms with E-state index in [1.165, 1.54) is 11.3 Å². The zero-order chi connectivity index (χ0) is 14.7. The van der Waals surface area contributed by atoms with E-state index < -0.39 is 0 Å². The van der Waals surface area contributed by atoms with Gasteiger partial charge in [0.25, 0.3) is 0 Å². The smallest absolute Gasteiger partial charge is 0.128 e. The van der Waals surface area contributed by atoms with Crippen LogP contribution in [0, 0.1) is 11.3 Å². The Morgan fingerprint density at radius 1 is 1.45 bits per heavy atom. The van der Waals surface area contributed by atoms with Crippen molar-refractivity contribution in [3.63, 3.8) is 0 Å². The van der Waals surface area contributed by atoms with Gasteiger partial charge < -0.3 is 10.5 Å². The Labute approximate surface area is 127 Å². The van der Waals surface area contributed by atoms with Gasteiger partial charge in [-0.3, -0.25) is 0 Å². The van der Waals surface area contributed by atoms with Gasteiger partial charge in [-0.05, 0) is 30.2 Å². The van der Waals surface area contributed by atoms with Crippen molar-refractivity contribution in [3.05, 3.63) is 33.7 Å². The van der Waals surface area contributed by atoms with Gasteiger partial charge in [-0.1, -0.05) is 24.9 Å². The summed E-state index contributed by atoms with van der Waals surface area (Å²) in [6, 6.07) is 7.66. The molecule has 0 saturated heterocycles. The lowest BCUT2D eigenvalue weighted by atomic mass is 10.0. The van der Waals surface area contributed by atoms with Crippen LogP contribution in [0.1, 0.15) is 23.8 Å². The molecule has 104 valence electrons. The normalized spacial score (nSPS) is 10.3. The third-order valence-corrected chi connectivity index (χ3v) is 4.48. The van der Waals surface area contributed by atoms with E-state index in [1.54, 1.807) is 13.2 Å². The molecule has 1 heterocycles. The van der Waals surface area contributed by atoms with E-state index in [9.17, 15) is 5.26 Å². The van der Waals surface area contributed by atoms with Crippen LogP contribution < -0.4 is 10.5 Å². The van der Waals surface area contributed by atoms with Crippen molar-refractivity contribution in [2.45, 2.75) is 19.8 Å². The molecule has 1 aromatic carbocycles. The number of benzene rings is 1. The molecule has 0 aliphatic heterocycles. The zero-order valence-corrected chi connectivity index (χ0v) is 12.9. The van der Waals surface area contributed by atoms with Crippen LogP contribution in [0.15, 0.2) is 18.2 Å². The van der Waals surface area contributed by atoms with Gasteiger partial charge in [0.2, 0.25) is 0 Å². The Morgan fingerprint density at radius 2 is 2.20 bits per heavy atom. The highest BCUT2D eigenvalue weighted by molar-refractivity contribution is 7.16. The largest absolute Gasteiger partial charge is 0.496 e. The third kappa shape index (κ3) is 2.60. The molecule has 0 bridgehead atoms. The summed E-state index contributed by atoms with van der Waals surface area (Å²) in [5, 5.41) is 9.79. The van der Waals surface area contributed by atoms with Crippen LogP contribution in [0.4, 0.5) is 5.69 Å². The number of rotatable bonds is 4. The van der Waals surface area contributed by atoms with E-state index in [0.29, 0.717) is 21.3 Å². The van der Waals surface area contributed by atoms with Crippen molar-refractivity contribution in [1.29, 1.82) is 5.26 Å². The Morgan fingerprint density at radius 3 is 2.80 bits per heavy atom. The summed E-state index contributed by atoms with van der Waals surface area (Å²) in [4.78, 5) is 1.55. The monoisotopic (exact) mass is 306 g/mol. The first-order valence-electron chi connectivity index (χ1n) is 6.27. The number of nitrogens with two attached hydrogens (primary N) is 1. The SMILES string of the molecule is CCCc1c(-c2ccc(Cl)cc2OC)sc(C#N)c1N. The molecule has 0 aliphatic rings. The molecule has 0 spiro atoms. The van der Waals surface area contributed by atoms with Crippen molar-refractivity contribution in [2.24, 2.45) is 0 Å². The summed E-state index contributed by atoms with van der Waals surface area (Å²) in [5.41, 5.74) is 8.62. The standard InChI is InChI=1S/C15H15ClN2OS/c1-3-4-11-14(18)13(8-17)20-15(11)10-6-5-9(16)7-12(10)19-2/h5-7H,3-4,18H2,1-2H3. The zero-order valence-electron chi connectivity index (χ0n) is 11.4. The highest BCUT2D eigenvalue weighted by Gasteiger charge is 2.19. The van der Waals surface area contributed by atoms with Gasteiger partial charge >= 0.3 is 0 Å². The molecule has 2 N–H and O–H groups in total. The van der Waals surface area contributed by atoms with Gasteiger partial charge in [0, 0.05) is 15.5 Å². The molecule has 0 amide bonds. The number of ether oxygens (including phenoxy) is 1. The van der Waals surface area contributed by atoms with Crippen molar-refractivity contribution < 1.29 is 4.74 Å². The number of hydrogen-bond donors (Lipinski definition) is 1. The highest BCUT2D eigenvalue weighted by Crippen LogP contribution is 2.43. The summed E-state index contributed by atoms with van der Waals surface area (Å²) >= 11 is 7.40. The lowest BCUT2D eigenvalue weighted by Crippen LogP contribution is -1.94. The summed E-state index contributed by atoms with van der Waals surface area (Å²) in [7, 11) is 1.61. The molecule has 0 unspecified atom stereocenters. The van der Waals surface area contributed by atoms with E-state index in [4.69, 9.17) is 22.1 Å². The first kappa shape index (κ1) is 14.7. The number of methoxy groups -OCH3 is 1. The molecule has 2 rings (SSSR count). The maximum atomic E-state index is 9.17. The van der Waals surface area contributed by atoms with Crippen LogP contribution in [-0.4, -0.2) is 7.11 Å². The topological polar surface area (TPSA) is 59.0 Å². The number of nitrogen functional groups attached to an aromatic ring is 1. The van der Waals surface area contributed by atoms with Gasteiger partial charge in [0.05, 0.1) is 12.8 Å². The first-order valence-corrected chi connectivity index (χ1v) is 7.47. The van der Waals surface area contributed by atoms with Gasteiger partial charge in [0.15, 0.2) is 0 Å². The molecule has 5 heteroatoms. The van der Waals surface area contributed by atoms with Gasteiger partial charge in [-0.2, -0.15) is 5.26 Å². The molecule has 0 saturated carbocycles. The molecule has 2 aromatic rings. The van der Waals surface area contributed by atoms with E-state index in [-0.39, 0.29) is 0 Å². The summed E-state index contributed by atoms with van der Waals surface area (Å²) < 4.78 is 5.39. The molecule has 3 nitrogen and oxygen atoms in total. The Bertz CT molecular complexity index is 673. The molecule has 0 atom stereocenters. The van der Waals surface area contributed by atoms with Crippen molar-refractivity contribution in [1.82, 2.24) is 0 Å². The average molecular weight is 307 g/mol. The Kier molecular flexibility index (Phi) is 4.53. The van der Waals surface area contributed by atoms with Crippen LogP contribution >= 0.6 is 22.9 Å². The predicted molar refractivity (Wildman–Crippen MR) is 84.4 cm³/mol. The lowest BCUT2D eigenvalue weighted by molar-refractivity contribution is 0.416. The van der Waals surface area contributed by atoms with Crippen LogP contribution in [0.3, 0.4) is 0 Å². The van der Waals surface area contributed by atoms with Crippen LogP contribution in [0.2, 0.25) is 5.02 Å². The van der Waals surface area contributed by atoms with Crippen LogP contribution in [-0.2, 0) is 6.42 Å². The number of anilines is 1. The fraction of sp³-hybridized carbons (Fsp3) is 0.267. The second-order valence-electron chi connectivity index (χ2n) is 4.36. The minimum atomic E-state index is 0.556. The van der Waals surface area contributed by atoms with E-state index in [0.717, 1.165) is 28.8 Å². The summed E-state index contributed by atoms with van der Waals surface area (Å²) in [6.07, 6.45) is 1.81. The molecule has 20 heavy (non-hydrogen) atoms. The number of nitriles is 1. The van der Waals surface area contributed by atoms with Gasteiger partial charge in [-0.15, -0.1) is 11.3 Å². The van der Waals surface area contributed by atoms with E-state index in [1.807, 2.05) is 12.1 Å². The van der Waals surface area contributed by atoms with Gasteiger partial charge in [-0.25, -0.2) is 0 Å². The number of nitrogens with zero attached hydrogens (tertiary/aromatic N) is 1. The minimum Gasteiger partial charge on any atom is -0.496 e. The molecule has 0 aliphatic carbocycles. The highest BCUT2D eigenvalue weighted by atomic mass is 35.5. The number of halogens is 1. The summed E-state index contributed by atoms with van der Waals surface area (Å²) in [6.45, 7) is 2.09.